The summed E-state index contributed by atoms with van der Waals surface area (Å²) in [6, 6.07) is 0. The normalized spacial score (nSPS) is 15.1. The maximum atomic E-state index is 10.9. The first-order valence-corrected chi connectivity index (χ1v) is 4.50. The highest BCUT2D eigenvalue weighted by Crippen LogP contribution is 2.07. The topological polar surface area (TPSA) is 86.9 Å². The zero-order valence-electron chi connectivity index (χ0n) is 8.53. The van der Waals surface area contributed by atoms with Gasteiger partial charge in [-0.2, -0.15) is 0 Å². The fourth-order valence-corrected chi connectivity index (χ4v) is 1.12. The van der Waals surface area contributed by atoms with Crippen LogP contribution in [0.2, 0.25) is 0 Å². The standard InChI is InChI=1S/C9H16N4O/c1-7-12-4-6-13(7)5-3-9(2,11)8(10)14/h4,6H,3,5,11H2,1-2H3,(H2,10,14). The molecule has 4 N–H and O–H groups in total. The summed E-state index contributed by atoms with van der Waals surface area (Å²) in [7, 11) is 0. The first kappa shape index (κ1) is 10.7. The molecule has 5 nitrogen and oxygen atoms in total. The predicted molar refractivity (Wildman–Crippen MR) is 53.4 cm³/mol. The minimum absolute atomic E-state index is 0.477. The second-order valence-electron chi connectivity index (χ2n) is 3.70. The average molecular weight is 196 g/mol. The number of rotatable bonds is 4. The molecule has 0 fully saturated rings. The number of hydrogen-bond donors (Lipinski definition) is 2. The van der Waals surface area contributed by atoms with Crippen molar-refractivity contribution < 1.29 is 4.79 Å². The first-order chi connectivity index (χ1) is 6.43. The maximum absolute atomic E-state index is 10.9. The summed E-state index contributed by atoms with van der Waals surface area (Å²) in [5, 5.41) is 0. The van der Waals surface area contributed by atoms with Gasteiger partial charge in [-0.05, 0) is 20.3 Å². The number of hydrogen-bond acceptors (Lipinski definition) is 3. The Bertz CT molecular complexity index is 329. The van der Waals surface area contributed by atoms with Crippen LogP contribution in [0, 0.1) is 6.92 Å². The predicted octanol–water partition coefficient (Wildman–Crippen LogP) is -0.216. The monoisotopic (exact) mass is 196 g/mol. The SMILES string of the molecule is Cc1nccn1CCC(C)(N)C(N)=O. The lowest BCUT2D eigenvalue weighted by atomic mass is 9.99. The molecule has 1 unspecified atom stereocenters. The van der Waals surface area contributed by atoms with Crippen molar-refractivity contribution in [2.45, 2.75) is 32.4 Å². The molecule has 0 spiro atoms. The van der Waals surface area contributed by atoms with Crippen molar-refractivity contribution in [1.29, 1.82) is 0 Å². The zero-order chi connectivity index (χ0) is 10.8. The van der Waals surface area contributed by atoms with Crippen molar-refractivity contribution in [1.82, 2.24) is 9.55 Å². The van der Waals surface area contributed by atoms with Crippen molar-refractivity contribution in [3.63, 3.8) is 0 Å². The van der Waals surface area contributed by atoms with Gasteiger partial charge in [0, 0.05) is 18.9 Å². The maximum Gasteiger partial charge on any atom is 0.237 e. The van der Waals surface area contributed by atoms with E-state index in [0.29, 0.717) is 13.0 Å². The van der Waals surface area contributed by atoms with E-state index >= 15 is 0 Å². The summed E-state index contributed by atoms with van der Waals surface area (Å²) in [5.41, 5.74) is 9.93. The van der Waals surface area contributed by atoms with Crippen LogP contribution in [0.1, 0.15) is 19.2 Å². The third kappa shape index (κ3) is 2.32. The largest absolute Gasteiger partial charge is 0.368 e. The van der Waals surface area contributed by atoms with Crippen molar-refractivity contribution in [2.24, 2.45) is 11.5 Å². The smallest absolute Gasteiger partial charge is 0.237 e. The summed E-state index contributed by atoms with van der Waals surface area (Å²) in [4.78, 5) is 15.0. The van der Waals surface area contributed by atoms with Gasteiger partial charge < -0.3 is 16.0 Å². The molecule has 0 bridgehead atoms. The number of nitrogens with zero attached hydrogens (tertiary/aromatic N) is 2. The van der Waals surface area contributed by atoms with E-state index in [1.807, 2.05) is 17.7 Å². The highest BCUT2D eigenvalue weighted by Gasteiger charge is 2.25. The number of primary amides is 1. The Kier molecular flexibility index (Phi) is 2.90. The van der Waals surface area contributed by atoms with E-state index in [1.165, 1.54) is 0 Å². The number of carbonyl (C=O) groups is 1. The van der Waals surface area contributed by atoms with Gasteiger partial charge in [0.15, 0.2) is 0 Å². The second-order valence-corrected chi connectivity index (χ2v) is 3.70. The molecular formula is C9H16N4O. The van der Waals surface area contributed by atoms with Crippen molar-refractivity contribution in [2.75, 3.05) is 0 Å². The summed E-state index contributed by atoms with van der Waals surface area (Å²) in [6.45, 7) is 4.20. The Morgan fingerprint density at radius 2 is 2.36 bits per heavy atom. The molecular weight excluding hydrogens is 180 g/mol. The van der Waals surface area contributed by atoms with E-state index in [2.05, 4.69) is 4.98 Å². The fourth-order valence-electron chi connectivity index (χ4n) is 1.12. The zero-order valence-corrected chi connectivity index (χ0v) is 8.53. The van der Waals surface area contributed by atoms with E-state index in [4.69, 9.17) is 11.5 Å². The second kappa shape index (κ2) is 3.79. The molecule has 1 rings (SSSR count). The lowest BCUT2D eigenvalue weighted by Crippen LogP contribution is -2.49. The summed E-state index contributed by atoms with van der Waals surface area (Å²) >= 11 is 0. The fraction of sp³-hybridized carbons (Fsp3) is 0.556. The quantitative estimate of drug-likeness (QED) is 0.698. The number of nitrogens with two attached hydrogens (primary N) is 2. The van der Waals surface area contributed by atoms with Gasteiger partial charge >= 0.3 is 0 Å². The molecule has 0 aliphatic rings. The molecule has 0 aromatic carbocycles. The van der Waals surface area contributed by atoms with Gasteiger partial charge in [0.1, 0.15) is 5.82 Å². The van der Waals surface area contributed by atoms with Crippen LogP contribution in [0.3, 0.4) is 0 Å². The first-order valence-electron chi connectivity index (χ1n) is 4.50. The van der Waals surface area contributed by atoms with E-state index in [1.54, 1.807) is 13.1 Å². The van der Waals surface area contributed by atoms with Crippen molar-refractivity contribution in [3.8, 4) is 0 Å². The number of aryl methyl sites for hydroxylation is 2. The molecule has 0 aliphatic heterocycles. The highest BCUT2D eigenvalue weighted by atomic mass is 16.1. The Morgan fingerprint density at radius 3 is 2.79 bits per heavy atom. The molecule has 1 amide bonds. The Balaban J connectivity index is 2.57. The number of imidazole rings is 1. The van der Waals surface area contributed by atoms with Crippen LogP contribution in [0.5, 0.6) is 0 Å². The molecule has 0 aliphatic carbocycles. The van der Waals surface area contributed by atoms with Crippen LogP contribution in [0.4, 0.5) is 0 Å². The van der Waals surface area contributed by atoms with Crippen LogP contribution in [0.15, 0.2) is 12.4 Å². The molecule has 14 heavy (non-hydrogen) atoms. The Hall–Kier alpha value is -1.36. The third-order valence-electron chi connectivity index (χ3n) is 2.36. The van der Waals surface area contributed by atoms with Crippen LogP contribution in [-0.4, -0.2) is 21.0 Å². The molecule has 0 radical (unpaired) electrons. The van der Waals surface area contributed by atoms with Gasteiger partial charge in [-0.15, -0.1) is 0 Å². The van der Waals surface area contributed by atoms with Gasteiger partial charge in [-0.3, -0.25) is 4.79 Å². The van der Waals surface area contributed by atoms with Crippen LogP contribution >= 0.6 is 0 Å². The van der Waals surface area contributed by atoms with Gasteiger partial charge in [0.25, 0.3) is 0 Å². The lowest BCUT2D eigenvalue weighted by molar-refractivity contribution is -0.122. The molecule has 1 aromatic rings. The number of aromatic nitrogens is 2. The minimum Gasteiger partial charge on any atom is -0.368 e. The van der Waals surface area contributed by atoms with Crippen molar-refractivity contribution in [3.05, 3.63) is 18.2 Å². The molecule has 5 heteroatoms. The van der Waals surface area contributed by atoms with Gasteiger partial charge in [0.2, 0.25) is 5.91 Å². The van der Waals surface area contributed by atoms with E-state index in [0.717, 1.165) is 5.82 Å². The summed E-state index contributed by atoms with van der Waals surface area (Å²) < 4.78 is 1.94. The van der Waals surface area contributed by atoms with Gasteiger partial charge in [-0.25, -0.2) is 4.98 Å². The average Bonchev–Trinajstić information content (AvgIpc) is 2.47. The van der Waals surface area contributed by atoms with Crippen LogP contribution < -0.4 is 11.5 Å². The number of amides is 1. The lowest BCUT2D eigenvalue weighted by Gasteiger charge is -2.20. The highest BCUT2D eigenvalue weighted by molar-refractivity contribution is 5.83. The minimum atomic E-state index is -0.948. The molecule has 78 valence electrons. The van der Waals surface area contributed by atoms with Crippen LogP contribution in [-0.2, 0) is 11.3 Å². The number of carbonyl (C=O) groups excluding carboxylic acids is 1. The molecule has 1 heterocycles. The van der Waals surface area contributed by atoms with Gasteiger partial charge in [0.05, 0.1) is 5.54 Å². The molecule has 1 atom stereocenters. The Morgan fingerprint density at radius 1 is 1.71 bits per heavy atom. The van der Waals surface area contributed by atoms with E-state index < -0.39 is 11.4 Å². The molecule has 1 aromatic heterocycles. The molecule has 0 saturated carbocycles. The van der Waals surface area contributed by atoms with Crippen LogP contribution in [0.25, 0.3) is 0 Å². The van der Waals surface area contributed by atoms with Crippen molar-refractivity contribution >= 4 is 5.91 Å². The Labute approximate surface area is 83.1 Å². The van der Waals surface area contributed by atoms with E-state index in [9.17, 15) is 4.79 Å². The summed E-state index contributed by atoms with van der Waals surface area (Å²) in [6.07, 6.45) is 4.08. The van der Waals surface area contributed by atoms with Gasteiger partial charge in [-0.1, -0.05) is 0 Å². The summed E-state index contributed by atoms with van der Waals surface area (Å²) in [5.74, 6) is 0.431. The molecule has 0 saturated heterocycles. The third-order valence-corrected chi connectivity index (χ3v) is 2.36. The van der Waals surface area contributed by atoms with E-state index in [-0.39, 0.29) is 0 Å².